The third kappa shape index (κ3) is 3.75. The molecule has 0 aliphatic rings. The van der Waals surface area contributed by atoms with E-state index < -0.39 is 6.04 Å². The van der Waals surface area contributed by atoms with Crippen molar-refractivity contribution in [1.82, 2.24) is 4.90 Å². The van der Waals surface area contributed by atoms with Crippen molar-refractivity contribution in [3.63, 3.8) is 0 Å². The zero-order valence-electron chi connectivity index (χ0n) is 10.6. The standard InChI is InChI=1S/C13H20N2O2/c1-9(2)12(14)13(17)15(3)8-10-4-6-11(16)7-5-10/h4-7,9,12,16H,8,14H2,1-3H3/t12-/m0/s1. The smallest absolute Gasteiger partial charge is 0.239 e. The summed E-state index contributed by atoms with van der Waals surface area (Å²) in [6.45, 7) is 4.35. The number of phenols is 1. The van der Waals surface area contributed by atoms with Crippen LogP contribution in [-0.2, 0) is 11.3 Å². The number of rotatable bonds is 4. The monoisotopic (exact) mass is 236 g/mol. The van der Waals surface area contributed by atoms with E-state index in [0.717, 1.165) is 5.56 Å². The number of aromatic hydroxyl groups is 1. The minimum Gasteiger partial charge on any atom is -0.508 e. The lowest BCUT2D eigenvalue weighted by atomic mass is 10.0. The summed E-state index contributed by atoms with van der Waals surface area (Å²) < 4.78 is 0. The molecule has 1 atom stereocenters. The van der Waals surface area contributed by atoms with Gasteiger partial charge in [0, 0.05) is 13.6 Å². The van der Waals surface area contributed by atoms with Crippen LogP contribution in [0, 0.1) is 5.92 Å². The Labute approximate surface area is 102 Å². The van der Waals surface area contributed by atoms with Gasteiger partial charge >= 0.3 is 0 Å². The molecule has 4 nitrogen and oxygen atoms in total. The topological polar surface area (TPSA) is 66.6 Å². The molecule has 0 aromatic heterocycles. The van der Waals surface area contributed by atoms with Gasteiger partial charge in [-0.1, -0.05) is 26.0 Å². The van der Waals surface area contributed by atoms with Crippen molar-refractivity contribution >= 4 is 5.91 Å². The fourth-order valence-corrected chi connectivity index (χ4v) is 1.49. The Hall–Kier alpha value is -1.55. The van der Waals surface area contributed by atoms with Crippen LogP contribution in [0.1, 0.15) is 19.4 Å². The molecule has 0 aliphatic heterocycles. The quantitative estimate of drug-likeness (QED) is 0.829. The average molecular weight is 236 g/mol. The van der Waals surface area contributed by atoms with Gasteiger partial charge in [-0.05, 0) is 23.6 Å². The highest BCUT2D eigenvalue weighted by Gasteiger charge is 2.20. The van der Waals surface area contributed by atoms with Crippen LogP contribution in [0.2, 0.25) is 0 Å². The first-order chi connectivity index (χ1) is 7.91. The fourth-order valence-electron chi connectivity index (χ4n) is 1.49. The highest BCUT2D eigenvalue weighted by Crippen LogP contribution is 2.12. The molecule has 0 heterocycles. The second-order valence-electron chi connectivity index (χ2n) is 4.63. The molecule has 0 saturated heterocycles. The van der Waals surface area contributed by atoms with Crippen molar-refractivity contribution in [2.45, 2.75) is 26.4 Å². The number of hydrogen-bond donors (Lipinski definition) is 2. The van der Waals surface area contributed by atoms with Gasteiger partial charge in [-0.3, -0.25) is 4.79 Å². The van der Waals surface area contributed by atoms with Crippen LogP contribution in [0.3, 0.4) is 0 Å². The Bertz CT molecular complexity index is 374. The molecule has 1 aromatic rings. The van der Waals surface area contributed by atoms with E-state index in [2.05, 4.69) is 0 Å². The van der Waals surface area contributed by atoms with Crippen LogP contribution in [0.4, 0.5) is 0 Å². The second kappa shape index (κ2) is 5.68. The van der Waals surface area contributed by atoms with Gasteiger partial charge in [0.2, 0.25) is 5.91 Å². The number of phenolic OH excluding ortho intramolecular Hbond substituents is 1. The van der Waals surface area contributed by atoms with Crippen molar-refractivity contribution in [3.05, 3.63) is 29.8 Å². The normalized spacial score (nSPS) is 12.5. The minimum absolute atomic E-state index is 0.0620. The summed E-state index contributed by atoms with van der Waals surface area (Å²) in [6.07, 6.45) is 0. The molecule has 3 N–H and O–H groups in total. The number of benzene rings is 1. The Kier molecular flexibility index (Phi) is 4.52. The van der Waals surface area contributed by atoms with Gasteiger partial charge in [0.25, 0.3) is 0 Å². The maximum Gasteiger partial charge on any atom is 0.239 e. The maximum atomic E-state index is 11.9. The predicted molar refractivity (Wildman–Crippen MR) is 67.4 cm³/mol. The van der Waals surface area contributed by atoms with Crippen LogP contribution in [0.15, 0.2) is 24.3 Å². The molecule has 1 amide bonds. The van der Waals surface area contributed by atoms with E-state index in [-0.39, 0.29) is 17.6 Å². The predicted octanol–water partition coefficient (Wildman–Crippen LogP) is 1.33. The van der Waals surface area contributed by atoms with Crippen LogP contribution < -0.4 is 5.73 Å². The number of likely N-dealkylation sites (N-methyl/N-ethyl adjacent to an activating group) is 1. The van der Waals surface area contributed by atoms with Gasteiger partial charge in [-0.2, -0.15) is 0 Å². The highest BCUT2D eigenvalue weighted by atomic mass is 16.3. The van der Waals surface area contributed by atoms with Gasteiger partial charge in [-0.25, -0.2) is 0 Å². The lowest BCUT2D eigenvalue weighted by Gasteiger charge is -2.23. The molecule has 94 valence electrons. The summed E-state index contributed by atoms with van der Waals surface area (Å²) in [4.78, 5) is 13.5. The molecule has 0 bridgehead atoms. The third-order valence-electron chi connectivity index (χ3n) is 2.74. The SMILES string of the molecule is CC(C)[C@H](N)C(=O)N(C)Cc1ccc(O)cc1. The van der Waals surface area contributed by atoms with Crippen molar-refractivity contribution < 1.29 is 9.90 Å². The maximum absolute atomic E-state index is 11.9. The van der Waals surface area contributed by atoms with Gasteiger partial charge in [0.1, 0.15) is 5.75 Å². The molecule has 0 unspecified atom stereocenters. The van der Waals surface area contributed by atoms with Gasteiger partial charge in [0.05, 0.1) is 6.04 Å². The molecule has 0 radical (unpaired) electrons. The van der Waals surface area contributed by atoms with Crippen molar-refractivity contribution in [2.75, 3.05) is 7.05 Å². The zero-order valence-corrected chi connectivity index (χ0v) is 10.6. The first-order valence-corrected chi connectivity index (χ1v) is 5.70. The molecule has 1 rings (SSSR count). The number of nitrogens with two attached hydrogens (primary N) is 1. The first-order valence-electron chi connectivity index (χ1n) is 5.70. The summed E-state index contributed by atoms with van der Waals surface area (Å²) in [6, 6.07) is 6.34. The number of amides is 1. The molecule has 1 aromatic carbocycles. The first kappa shape index (κ1) is 13.5. The minimum atomic E-state index is -0.461. The van der Waals surface area contributed by atoms with Gasteiger partial charge < -0.3 is 15.7 Å². The average Bonchev–Trinajstić information content (AvgIpc) is 2.30. The largest absolute Gasteiger partial charge is 0.508 e. The summed E-state index contributed by atoms with van der Waals surface area (Å²) >= 11 is 0. The lowest BCUT2D eigenvalue weighted by Crippen LogP contribution is -2.44. The molecular formula is C13H20N2O2. The number of nitrogens with zero attached hydrogens (tertiary/aromatic N) is 1. The van der Waals surface area contributed by atoms with Crippen molar-refractivity contribution in [2.24, 2.45) is 11.7 Å². The van der Waals surface area contributed by atoms with E-state index in [1.165, 1.54) is 0 Å². The Morgan fingerprint density at radius 3 is 2.35 bits per heavy atom. The van der Waals surface area contributed by atoms with Crippen molar-refractivity contribution in [1.29, 1.82) is 0 Å². The summed E-state index contributed by atoms with van der Waals surface area (Å²) in [5, 5.41) is 9.16. The van der Waals surface area contributed by atoms with Crippen LogP contribution in [0.5, 0.6) is 5.75 Å². The number of hydrogen-bond acceptors (Lipinski definition) is 3. The van der Waals surface area contributed by atoms with Crippen molar-refractivity contribution in [3.8, 4) is 5.75 Å². The van der Waals surface area contributed by atoms with Gasteiger partial charge in [0.15, 0.2) is 0 Å². The zero-order chi connectivity index (χ0) is 13.0. The third-order valence-corrected chi connectivity index (χ3v) is 2.74. The van der Waals surface area contributed by atoms with E-state index in [0.29, 0.717) is 6.54 Å². The number of carbonyl (C=O) groups is 1. The number of carbonyl (C=O) groups excluding carboxylic acids is 1. The van der Waals surface area contributed by atoms with Crippen LogP contribution in [0.25, 0.3) is 0 Å². The highest BCUT2D eigenvalue weighted by molar-refractivity contribution is 5.81. The Morgan fingerprint density at radius 1 is 1.35 bits per heavy atom. The fraction of sp³-hybridized carbons (Fsp3) is 0.462. The second-order valence-corrected chi connectivity index (χ2v) is 4.63. The summed E-state index contributed by atoms with van der Waals surface area (Å²) in [7, 11) is 1.73. The van der Waals surface area contributed by atoms with Gasteiger partial charge in [-0.15, -0.1) is 0 Å². The van der Waals surface area contributed by atoms with Crippen LogP contribution in [-0.4, -0.2) is 29.0 Å². The molecule has 0 aliphatic carbocycles. The summed E-state index contributed by atoms with van der Waals surface area (Å²) in [5.41, 5.74) is 6.77. The molecule has 4 heteroatoms. The Morgan fingerprint density at radius 2 is 1.88 bits per heavy atom. The van der Waals surface area contributed by atoms with E-state index in [1.54, 1.807) is 36.2 Å². The van der Waals surface area contributed by atoms with E-state index in [1.807, 2.05) is 13.8 Å². The lowest BCUT2D eigenvalue weighted by molar-refractivity contribution is -0.132. The molecule has 17 heavy (non-hydrogen) atoms. The molecule has 0 saturated carbocycles. The summed E-state index contributed by atoms with van der Waals surface area (Å²) in [5.74, 6) is 0.291. The molecule has 0 spiro atoms. The Balaban J connectivity index is 2.63. The van der Waals surface area contributed by atoms with Crippen LogP contribution >= 0.6 is 0 Å². The van der Waals surface area contributed by atoms with E-state index >= 15 is 0 Å². The van der Waals surface area contributed by atoms with E-state index in [9.17, 15) is 4.79 Å². The molecular weight excluding hydrogens is 216 g/mol. The molecule has 0 fully saturated rings. The van der Waals surface area contributed by atoms with E-state index in [4.69, 9.17) is 10.8 Å².